The lowest BCUT2D eigenvalue weighted by atomic mass is 10.0. The molecule has 0 unspecified atom stereocenters. The third-order valence-electron chi connectivity index (χ3n) is 8.16. The van der Waals surface area contributed by atoms with E-state index in [2.05, 4.69) is 15.0 Å². The highest BCUT2D eigenvalue weighted by Gasteiger charge is 2.33. The fourth-order valence-corrected chi connectivity index (χ4v) is 8.66. The monoisotopic (exact) mass is 711 g/mol. The van der Waals surface area contributed by atoms with Crippen LogP contribution in [0.3, 0.4) is 0 Å². The van der Waals surface area contributed by atoms with Gasteiger partial charge in [0.1, 0.15) is 6.04 Å². The van der Waals surface area contributed by atoms with E-state index in [0.29, 0.717) is 18.5 Å². The minimum Gasteiger partial charge on any atom is -0.481 e. The van der Waals surface area contributed by atoms with Crippen molar-refractivity contribution in [2.24, 2.45) is 5.92 Å². The minimum absolute atomic E-state index is 0.0272. The predicted octanol–water partition coefficient (Wildman–Crippen LogP) is 4.42. The van der Waals surface area contributed by atoms with Crippen LogP contribution in [0.5, 0.6) is 0 Å². The van der Waals surface area contributed by atoms with Gasteiger partial charge in [-0.1, -0.05) is 56.2 Å². The van der Waals surface area contributed by atoms with E-state index in [4.69, 9.17) is 5.73 Å². The van der Waals surface area contributed by atoms with Crippen LogP contribution >= 0.6 is 0 Å². The topological polar surface area (TPSA) is 192 Å². The van der Waals surface area contributed by atoms with Crippen molar-refractivity contribution in [1.29, 1.82) is 0 Å². The van der Waals surface area contributed by atoms with Gasteiger partial charge in [-0.3, -0.25) is 9.59 Å². The zero-order valence-electron chi connectivity index (χ0n) is 27.9. The van der Waals surface area contributed by atoms with Crippen LogP contribution in [-0.4, -0.2) is 68.3 Å². The lowest BCUT2D eigenvalue weighted by molar-refractivity contribution is -0.138. The molecule has 6 N–H and O–H groups in total. The summed E-state index contributed by atoms with van der Waals surface area (Å²) in [6, 6.07) is 17.7. The van der Waals surface area contributed by atoms with Gasteiger partial charge in [0.25, 0.3) is 0 Å². The molecule has 1 heterocycles. The van der Waals surface area contributed by atoms with Gasteiger partial charge in [-0.05, 0) is 80.1 Å². The lowest BCUT2D eigenvalue weighted by Gasteiger charge is -2.31. The Bertz CT molecular complexity index is 1940. The second kappa shape index (κ2) is 16.4. The number of aromatic nitrogens is 1. The van der Waals surface area contributed by atoms with Gasteiger partial charge in [0, 0.05) is 41.9 Å². The molecule has 0 fully saturated rings. The summed E-state index contributed by atoms with van der Waals surface area (Å²) in [7, 11) is -8.07. The second-order valence-corrected chi connectivity index (χ2v) is 16.2. The number of amides is 1. The summed E-state index contributed by atoms with van der Waals surface area (Å²) in [6.07, 6.45) is 2.52. The van der Waals surface area contributed by atoms with Gasteiger partial charge in [0.2, 0.25) is 26.0 Å². The van der Waals surface area contributed by atoms with Gasteiger partial charge in [-0.15, -0.1) is 0 Å². The van der Waals surface area contributed by atoms with E-state index in [-0.39, 0.29) is 48.1 Å². The predicted molar refractivity (Wildman–Crippen MR) is 190 cm³/mol. The Kier molecular flexibility index (Phi) is 12.6. The Labute approximate surface area is 288 Å². The van der Waals surface area contributed by atoms with Crippen LogP contribution in [0.1, 0.15) is 50.7 Å². The average Bonchev–Trinajstić information content (AvgIpc) is 3.45. The SMILES string of the molecule is Cc1ccc(S(=O)(=O)N[C@@H](Cc2c[nH]c3ccccc23)C(=O)NCCCC[C@@H](CC(=O)O)N(CC(C)C)S(=O)(=O)c2ccc(N)cc2)cc1. The zero-order valence-corrected chi connectivity index (χ0v) is 29.6. The van der Waals surface area contributed by atoms with Crippen molar-refractivity contribution in [3.05, 3.63) is 90.1 Å². The Morgan fingerprint density at radius 3 is 2.22 bits per heavy atom. The number of nitrogens with zero attached hydrogens (tertiary/aromatic N) is 1. The number of carbonyl (C=O) groups excluding carboxylic acids is 1. The van der Waals surface area contributed by atoms with Crippen molar-refractivity contribution >= 4 is 48.5 Å². The highest BCUT2D eigenvalue weighted by molar-refractivity contribution is 7.89. The number of H-pyrrole nitrogens is 1. The second-order valence-electron chi connectivity index (χ2n) is 12.6. The fraction of sp³-hybridized carbons (Fsp3) is 0.371. The molecule has 1 amide bonds. The number of aliphatic carboxylic acids is 1. The highest BCUT2D eigenvalue weighted by Crippen LogP contribution is 2.25. The number of fused-ring (bicyclic) bond motifs is 1. The molecule has 12 nitrogen and oxygen atoms in total. The Hall–Kier alpha value is -4.24. The van der Waals surface area contributed by atoms with E-state index < -0.39 is 44.0 Å². The third kappa shape index (κ3) is 10.1. The number of hydrogen-bond acceptors (Lipinski definition) is 7. The summed E-state index contributed by atoms with van der Waals surface area (Å²) in [5.41, 5.74) is 8.69. The number of anilines is 1. The normalized spacial score (nSPS) is 13.5. The van der Waals surface area contributed by atoms with E-state index >= 15 is 0 Å². The quantitative estimate of drug-likeness (QED) is 0.0740. The van der Waals surface area contributed by atoms with Gasteiger partial charge < -0.3 is 21.1 Å². The number of sulfonamides is 2. The maximum absolute atomic E-state index is 13.7. The van der Waals surface area contributed by atoms with E-state index in [0.717, 1.165) is 22.0 Å². The molecular weight excluding hydrogens is 667 g/mol. The number of carboxylic acid groups (broad SMARTS) is 1. The summed E-state index contributed by atoms with van der Waals surface area (Å²) in [5, 5.41) is 13.4. The Balaban J connectivity index is 1.46. The first kappa shape index (κ1) is 37.6. The van der Waals surface area contributed by atoms with E-state index in [1.165, 1.54) is 40.7 Å². The molecule has 0 saturated heterocycles. The summed E-state index contributed by atoms with van der Waals surface area (Å²) < 4.78 is 57.8. The number of nitrogens with one attached hydrogen (secondary N) is 3. The van der Waals surface area contributed by atoms with E-state index in [1.807, 2.05) is 45.0 Å². The van der Waals surface area contributed by atoms with Crippen LogP contribution < -0.4 is 15.8 Å². The van der Waals surface area contributed by atoms with Crippen LogP contribution in [0.2, 0.25) is 0 Å². The fourth-order valence-electron chi connectivity index (χ4n) is 5.65. The van der Waals surface area contributed by atoms with Gasteiger partial charge in [0.15, 0.2) is 0 Å². The number of hydrogen-bond donors (Lipinski definition) is 5. The van der Waals surface area contributed by atoms with Crippen LogP contribution in [0.4, 0.5) is 5.69 Å². The minimum atomic E-state index is -4.04. The van der Waals surface area contributed by atoms with Crippen LogP contribution in [0.25, 0.3) is 10.9 Å². The number of carbonyl (C=O) groups is 2. The molecule has 4 aromatic rings. The number of nitrogens with two attached hydrogens (primary N) is 1. The number of aromatic amines is 1. The van der Waals surface area contributed by atoms with E-state index in [9.17, 15) is 31.5 Å². The highest BCUT2D eigenvalue weighted by atomic mass is 32.2. The molecule has 4 rings (SSSR count). The number of rotatable bonds is 18. The smallest absolute Gasteiger partial charge is 0.304 e. The summed E-state index contributed by atoms with van der Waals surface area (Å²) >= 11 is 0. The lowest BCUT2D eigenvalue weighted by Crippen LogP contribution is -2.48. The first-order chi connectivity index (χ1) is 23.2. The van der Waals surface area contributed by atoms with Gasteiger partial charge in [-0.2, -0.15) is 9.03 Å². The molecule has 0 saturated carbocycles. The molecule has 49 heavy (non-hydrogen) atoms. The van der Waals surface area contributed by atoms with Crippen molar-refractivity contribution < 1.29 is 31.5 Å². The molecule has 264 valence electrons. The first-order valence-corrected chi connectivity index (χ1v) is 19.1. The molecule has 0 aliphatic carbocycles. The van der Waals surface area contributed by atoms with Crippen molar-refractivity contribution in [3.63, 3.8) is 0 Å². The molecule has 0 aliphatic heterocycles. The molecule has 0 spiro atoms. The number of para-hydroxylation sites is 1. The maximum atomic E-state index is 13.7. The number of aryl methyl sites for hydroxylation is 1. The molecule has 0 radical (unpaired) electrons. The maximum Gasteiger partial charge on any atom is 0.304 e. The Morgan fingerprint density at radius 1 is 0.918 bits per heavy atom. The van der Waals surface area contributed by atoms with Crippen LogP contribution in [0, 0.1) is 12.8 Å². The standard InChI is InChI=1S/C35H45N5O7S2/c1-24(2)23-40(49(46,47)30-17-13-27(36)14-18-30)28(21-34(41)42)8-6-7-19-37-35(43)33(20-26-22-38-32-10-5-4-9-31(26)32)39-48(44,45)29-15-11-25(3)12-16-29/h4-5,9-18,22,24,28,33,38-39H,6-8,19-21,23,36H2,1-3H3,(H,37,43)(H,41,42)/t28-,33-/m0/s1. The van der Waals surface area contributed by atoms with Crippen molar-refractivity contribution in [3.8, 4) is 0 Å². The first-order valence-electron chi connectivity index (χ1n) is 16.2. The molecular formula is C35H45N5O7S2. The van der Waals surface area contributed by atoms with Gasteiger partial charge >= 0.3 is 5.97 Å². The van der Waals surface area contributed by atoms with Crippen LogP contribution in [0.15, 0.2) is 88.8 Å². The third-order valence-corrected chi connectivity index (χ3v) is 11.6. The molecule has 14 heteroatoms. The average molecular weight is 712 g/mol. The summed E-state index contributed by atoms with van der Waals surface area (Å²) in [4.78, 5) is 28.6. The molecule has 0 aliphatic rings. The van der Waals surface area contributed by atoms with Crippen molar-refractivity contribution in [2.45, 2.75) is 74.7 Å². The van der Waals surface area contributed by atoms with E-state index in [1.54, 1.807) is 18.3 Å². The van der Waals surface area contributed by atoms with Gasteiger partial charge in [-0.25, -0.2) is 16.8 Å². The number of benzene rings is 3. The number of unbranched alkanes of at least 4 members (excludes halogenated alkanes) is 1. The zero-order chi connectivity index (χ0) is 35.8. The Morgan fingerprint density at radius 2 is 1.57 bits per heavy atom. The number of nitrogen functional groups attached to an aromatic ring is 1. The van der Waals surface area contributed by atoms with Gasteiger partial charge in [0.05, 0.1) is 16.2 Å². The molecule has 1 aromatic heterocycles. The number of carboxylic acids is 1. The largest absolute Gasteiger partial charge is 0.481 e. The summed E-state index contributed by atoms with van der Waals surface area (Å²) in [6.45, 7) is 5.86. The summed E-state index contributed by atoms with van der Waals surface area (Å²) in [5.74, 6) is -1.71. The van der Waals surface area contributed by atoms with Crippen molar-refractivity contribution in [2.75, 3.05) is 18.8 Å². The van der Waals surface area contributed by atoms with Crippen molar-refractivity contribution in [1.82, 2.24) is 19.3 Å². The van der Waals surface area contributed by atoms with Crippen LogP contribution in [-0.2, 0) is 36.1 Å². The molecule has 3 aromatic carbocycles. The molecule has 2 atom stereocenters. The molecule has 0 bridgehead atoms.